The highest BCUT2D eigenvalue weighted by Gasteiger charge is 2.53. The average Bonchev–Trinajstić information content (AvgIpc) is 2.63. The number of aliphatic hydroxyl groups is 1. The summed E-state index contributed by atoms with van der Waals surface area (Å²) < 4.78 is 9.73. The fourth-order valence-electron chi connectivity index (χ4n) is 5.99. The van der Waals surface area contributed by atoms with Crippen LogP contribution >= 0.6 is 0 Å². The lowest BCUT2D eigenvalue weighted by Crippen LogP contribution is -2.52. The number of rotatable bonds is 8. The fourth-order valence-corrected chi connectivity index (χ4v) is 5.99. The van der Waals surface area contributed by atoms with Crippen LogP contribution in [0.4, 0.5) is 0 Å². The van der Waals surface area contributed by atoms with E-state index in [4.69, 9.17) is 4.74 Å². The molecule has 0 aromatic rings. The Balaban J connectivity index is 1.92. The van der Waals surface area contributed by atoms with Crippen LogP contribution in [0.3, 0.4) is 0 Å². The molecule has 2 rings (SSSR count). The largest absolute Gasteiger partial charge is 0.469 e. The summed E-state index contributed by atoms with van der Waals surface area (Å²) in [6.45, 7) is 11.5. The lowest BCUT2D eigenvalue weighted by Gasteiger charge is -2.58. The van der Waals surface area contributed by atoms with Gasteiger partial charge in [0.05, 0.1) is 26.1 Å². The minimum absolute atomic E-state index is 0.0451. The Labute approximate surface area is 181 Å². The molecule has 0 saturated heterocycles. The number of allylic oxidation sites excluding steroid dienone is 3. The number of hydrogen-bond donors (Lipinski definition) is 1. The van der Waals surface area contributed by atoms with E-state index >= 15 is 0 Å². The maximum Gasteiger partial charge on any atom is 0.306 e. The monoisotopic (exact) mass is 420 g/mol. The second-order valence-electron chi connectivity index (χ2n) is 10.2. The summed E-state index contributed by atoms with van der Waals surface area (Å²) >= 11 is 0. The molecule has 2 aliphatic carbocycles. The van der Waals surface area contributed by atoms with Crippen molar-refractivity contribution in [2.75, 3.05) is 13.7 Å². The Morgan fingerprint density at radius 2 is 1.83 bits per heavy atom. The summed E-state index contributed by atoms with van der Waals surface area (Å²) in [6.07, 6.45) is 9.08. The molecule has 1 saturated carbocycles. The van der Waals surface area contributed by atoms with Gasteiger partial charge in [-0.2, -0.15) is 0 Å². The van der Waals surface area contributed by atoms with Crippen LogP contribution in [0.5, 0.6) is 0 Å². The molecule has 0 amide bonds. The lowest BCUT2D eigenvalue weighted by molar-refractivity contribution is -0.148. The van der Waals surface area contributed by atoms with Gasteiger partial charge in [0, 0.05) is 0 Å². The smallest absolute Gasteiger partial charge is 0.306 e. The molecular formula is C25H40O5. The standard InChI is InChI=1S/C25H40O5/c1-17(13-14-30-23(28)12-11-22(27)29-6)7-9-20-18(2)8-10-21-24(3,4)15-19(26)16-25(20,21)5/h8,13,19-21,26H,7,9-12,14-16H2,1-6H3. The average molecular weight is 421 g/mol. The van der Waals surface area contributed by atoms with Gasteiger partial charge in [0.25, 0.3) is 0 Å². The van der Waals surface area contributed by atoms with Crippen molar-refractivity contribution >= 4 is 11.9 Å². The third-order valence-corrected chi connectivity index (χ3v) is 7.46. The van der Waals surface area contributed by atoms with Gasteiger partial charge in [0.2, 0.25) is 0 Å². The van der Waals surface area contributed by atoms with Crippen molar-refractivity contribution in [3.8, 4) is 0 Å². The van der Waals surface area contributed by atoms with Gasteiger partial charge < -0.3 is 14.6 Å². The van der Waals surface area contributed by atoms with Gasteiger partial charge in [-0.15, -0.1) is 0 Å². The predicted octanol–water partition coefficient (Wildman–Crippen LogP) is 4.98. The van der Waals surface area contributed by atoms with E-state index < -0.39 is 5.97 Å². The zero-order valence-electron chi connectivity index (χ0n) is 19.6. The number of esters is 2. The van der Waals surface area contributed by atoms with Crippen LogP contribution in [0.1, 0.15) is 79.6 Å². The van der Waals surface area contributed by atoms with Crippen molar-refractivity contribution < 1.29 is 24.2 Å². The van der Waals surface area contributed by atoms with E-state index in [0.717, 1.165) is 32.1 Å². The van der Waals surface area contributed by atoms with Gasteiger partial charge in [-0.25, -0.2) is 0 Å². The Morgan fingerprint density at radius 3 is 2.50 bits per heavy atom. The zero-order valence-corrected chi connectivity index (χ0v) is 19.6. The summed E-state index contributed by atoms with van der Waals surface area (Å²) in [5.74, 6) is 0.250. The van der Waals surface area contributed by atoms with Gasteiger partial charge in [-0.05, 0) is 74.7 Å². The molecule has 2 aliphatic rings. The number of ether oxygens (including phenoxy) is 2. The quantitative estimate of drug-likeness (QED) is 0.443. The molecule has 170 valence electrons. The molecule has 1 N–H and O–H groups in total. The number of methoxy groups -OCH3 is 1. The van der Waals surface area contributed by atoms with Gasteiger partial charge in [-0.1, -0.05) is 38.0 Å². The van der Waals surface area contributed by atoms with E-state index in [1.54, 1.807) is 0 Å². The van der Waals surface area contributed by atoms with Crippen molar-refractivity contribution in [1.29, 1.82) is 0 Å². The van der Waals surface area contributed by atoms with Gasteiger partial charge in [0.15, 0.2) is 0 Å². The first-order valence-electron chi connectivity index (χ1n) is 11.2. The van der Waals surface area contributed by atoms with E-state index in [9.17, 15) is 14.7 Å². The van der Waals surface area contributed by atoms with Crippen molar-refractivity contribution in [2.24, 2.45) is 22.7 Å². The molecule has 0 aromatic heterocycles. The molecule has 4 atom stereocenters. The highest BCUT2D eigenvalue weighted by molar-refractivity contribution is 5.77. The summed E-state index contributed by atoms with van der Waals surface area (Å²) in [5.41, 5.74) is 2.90. The van der Waals surface area contributed by atoms with Crippen molar-refractivity contribution in [1.82, 2.24) is 0 Å². The van der Waals surface area contributed by atoms with Crippen LogP contribution in [0.25, 0.3) is 0 Å². The molecular weight excluding hydrogens is 380 g/mol. The van der Waals surface area contributed by atoms with Crippen LogP contribution in [-0.2, 0) is 19.1 Å². The predicted molar refractivity (Wildman–Crippen MR) is 118 cm³/mol. The first-order valence-corrected chi connectivity index (χ1v) is 11.2. The second-order valence-corrected chi connectivity index (χ2v) is 10.2. The number of aliphatic hydroxyl groups excluding tert-OH is 1. The summed E-state index contributed by atoms with van der Waals surface area (Å²) in [4.78, 5) is 22.8. The zero-order chi connectivity index (χ0) is 22.5. The van der Waals surface area contributed by atoms with Crippen LogP contribution in [0, 0.1) is 22.7 Å². The van der Waals surface area contributed by atoms with E-state index in [1.807, 2.05) is 6.08 Å². The maximum absolute atomic E-state index is 11.7. The summed E-state index contributed by atoms with van der Waals surface area (Å²) in [5, 5.41) is 10.6. The number of hydrogen-bond acceptors (Lipinski definition) is 5. The molecule has 0 bridgehead atoms. The van der Waals surface area contributed by atoms with Crippen LogP contribution in [0.15, 0.2) is 23.3 Å². The maximum atomic E-state index is 11.7. The van der Waals surface area contributed by atoms with Crippen molar-refractivity contribution in [3.05, 3.63) is 23.3 Å². The molecule has 30 heavy (non-hydrogen) atoms. The summed E-state index contributed by atoms with van der Waals surface area (Å²) in [6, 6.07) is 0. The van der Waals surface area contributed by atoms with E-state index in [2.05, 4.69) is 45.4 Å². The SMILES string of the molecule is COC(=O)CCC(=O)OCC=C(C)CCC1C(C)=CCC2C(C)(C)CC(O)CC12C. The first kappa shape index (κ1) is 24.6. The fraction of sp³-hybridized carbons (Fsp3) is 0.760. The van der Waals surface area contributed by atoms with Gasteiger partial charge in [-0.3, -0.25) is 9.59 Å². The highest BCUT2D eigenvalue weighted by Crippen LogP contribution is 2.60. The summed E-state index contributed by atoms with van der Waals surface area (Å²) in [7, 11) is 1.31. The number of fused-ring (bicyclic) bond motifs is 1. The molecule has 0 aliphatic heterocycles. The van der Waals surface area contributed by atoms with Crippen molar-refractivity contribution in [3.63, 3.8) is 0 Å². The Bertz CT molecular complexity index is 690. The van der Waals surface area contributed by atoms with Gasteiger partial charge >= 0.3 is 11.9 Å². The minimum atomic E-state index is -0.405. The number of carbonyl (C=O) groups is 2. The third-order valence-electron chi connectivity index (χ3n) is 7.46. The first-order chi connectivity index (χ1) is 14.0. The van der Waals surface area contributed by atoms with Crippen LogP contribution in [-0.4, -0.2) is 36.9 Å². The van der Waals surface area contributed by atoms with Crippen LogP contribution in [0.2, 0.25) is 0 Å². The number of carbonyl (C=O) groups excluding carboxylic acids is 2. The molecule has 0 aromatic carbocycles. The topological polar surface area (TPSA) is 72.8 Å². The normalized spacial score (nSPS) is 30.8. The molecule has 5 heteroatoms. The Kier molecular flexibility index (Phi) is 8.32. The Hall–Kier alpha value is -1.62. The lowest BCUT2D eigenvalue weighted by atomic mass is 9.47. The molecule has 0 radical (unpaired) electrons. The van der Waals surface area contributed by atoms with E-state index in [1.165, 1.54) is 18.3 Å². The Morgan fingerprint density at radius 1 is 1.17 bits per heavy atom. The third kappa shape index (κ3) is 5.96. The molecule has 4 unspecified atom stereocenters. The van der Waals surface area contributed by atoms with Gasteiger partial charge in [0.1, 0.15) is 6.61 Å². The second kappa shape index (κ2) is 10.1. The van der Waals surface area contributed by atoms with Crippen molar-refractivity contribution in [2.45, 2.75) is 85.7 Å². The van der Waals surface area contributed by atoms with Crippen LogP contribution < -0.4 is 0 Å². The molecule has 0 spiro atoms. The molecule has 1 fully saturated rings. The van der Waals surface area contributed by atoms with E-state index in [-0.39, 0.29) is 42.4 Å². The van der Waals surface area contributed by atoms with E-state index in [0.29, 0.717) is 11.8 Å². The molecule has 5 nitrogen and oxygen atoms in total. The molecule has 0 heterocycles. The minimum Gasteiger partial charge on any atom is -0.469 e. The highest BCUT2D eigenvalue weighted by atomic mass is 16.5.